The monoisotopic (exact) mass is 393 g/mol. The zero-order valence-corrected chi connectivity index (χ0v) is 16.9. The van der Waals surface area contributed by atoms with E-state index in [1.165, 1.54) is 6.08 Å². The highest BCUT2D eigenvalue weighted by atomic mass is 16.6. The molecule has 0 saturated carbocycles. The minimum Gasteiger partial charge on any atom is -0.463 e. The lowest BCUT2D eigenvalue weighted by molar-refractivity contribution is -0.137. The van der Waals surface area contributed by atoms with Gasteiger partial charge in [0.2, 0.25) is 0 Å². The van der Waals surface area contributed by atoms with Gasteiger partial charge < -0.3 is 9.47 Å². The molecule has 3 rings (SSSR count). The van der Waals surface area contributed by atoms with Crippen molar-refractivity contribution in [3.63, 3.8) is 0 Å². The summed E-state index contributed by atoms with van der Waals surface area (Å²) < 4.78 is 10.6. The number of benzene rings is 2. The molecule has 0 fully saturated rings. The van der Waals surface area contributed by atoms with Crippen LogP contribution in [-0.2, 0) is 14.3 Å². The first-order valence-electron chi connectivity index (χ1n) is 9.37. The second-order valence-corrected chi connectivity index (χ2v) is 7.49. The summed E-state index contributed by atoms with van der Waals surface area (Å²) in [4.78, 5) is 39.6. The molecule has 1 heterocycles. The van der Waals surface area contributed by atoms with Gasteiger partial charge in [-0.15, -0.1) is 0 Å². The Hall–Kier alpha value is -3.41. The van der Waals surface area contributed by atoms with Gasteiger partial charge in [-0.25, -0.2) is 14.5 Å². The first-order valence-corrected chi connectivity index (χ1v) is 9.37. The number of anilines is 1. The van der Waals surface area contributed by atoms with Gasteiger partial charge in [-0.1, -0.05) is 36.4 Å². The summed E-state index contributed by atoms with van der Waals surface area (Å²) in [5, 5.41) is 0. The molecular weight excluding hydrogens is 370 g/mol. The van der Waals surface area contributed by atoms with E-state index in [0.717, 1.165) is 4.90 Å². The largest absolute Gasteiger partial charge is 0.463 e. The van der Waals surface area contributed by atoms with Crippen LogP contribution in [0, 0.1) is 0 Å². The van der Waals surface area contributed by atoms with E-state index in [0.29, 0.717) is 28.0 Å². The number of para-hydroxylation sites is 1. The van der Waals surface area contributed by atoms with Crippen molar-refractivity contribution < 1.29 is 23.9 Å². The van der Waals surface area contributed by atoms with Crippen LogP contribution >= 0.6 is 0 Å². The number of hydrogen-bond donors (Lipinski definition) is 0. The molecule has 2 amide bonds. The minimum absolute atomic E-state index is 0.231. The van der Waals surface area contributed by atoms with Crippen LogP contribution in [0.2, 0.25) is 0 Å². The molecule has 0 unspecified atom stereocenters. The number of rotatable bonds is 2. The van der Waals surface area contributed by atoms with Crippen molar-refractivity contribution in [2.75, 3.05) is 11.5 Å². The molecule has 1 aliphatic rings. The second kappa shape index (κ2) is 7.91. The number of hydrogen-bond acceptors (Lipinski definition) is 5. The predicted molar refractivity (Wildman–Crippen MR) is 110 cm³/mol. The van der Waals surface area contributed by atoms with E-state index < -0.39 is 23.6 Å². The number of carbonyl (C=O) groups is 3. The molecule has 0 aromatic heterocycles. The standard InChI is InChI=1S/C23H23NO5/c1-5-28-20(25)14-18-15-10-6-7-12-17(15)21(26)24(22(27)29-23(2,3)4)19-13-9-8-11-16(18)19/h6-14H,5H2,1-4H3/b18-14+. The third-order valence-electron chi connectivity index (χ3n) is 4.21. The minimum atomic E-state index is -0.776. The van der Waals surface area contributed by atoms with Crippen molar-refractivity contribution in [2.24, 2.45) is 0 Å². The molecule has 0 saturated heterocycles. The smallest absolute Gasteiger partial charge is 0.422 e. The Morgan fingerprint density at radius 1 is 0.966 bits per heavy atom. The van der Waals surface area contributed by atoms with E-state index in [1.54, 1.807) is 76.2 Å². The maximum absolute atomic E-state index is 13.4. The van der Waals surface area contributed by atoms with Crippen molar-refractivity contribution in [1.82, 2.24) is 0 Å². The average Bonchev–Trinajstić information content (AvgIpc) is 2.75. The van der Waals surface area contributed by atoms with Crippen molar-refractivity contribution in [3.8, 4) is 0 Å². The van der Waals surface area contributed by atoms with Gasteiger partial charge in [0.1, 0.15) is 5.60 Å². The fourth-order valence-corrected chi connectivity index (χ4v) is 3.12. The maximum Gasteiger partial charge on any atom is 0.422 e. The Kier molecular flexibility index (Phi) is 5.55. The van der Waals surface area contributed by atoms with Crippen LogP contribution in [0.1, 0.15) is 49.2 Å². The van der Waals surface area contributed by atoms with Crippen LogP contribution in [0.25, 0.3) is 5.57 Å². The normalized spacial score (nSPS) is 14.7. The Balaban J connectivity index is 2.27. The number of nitrogens with zero attached hydrogens (tertiary/aromatic N) is 1. The SMILES string of the molecule is CCOC(=O)/C=C1\c2ccccc2C(=O)N(C(=O)OC(C)(C)C)c2ccccc21. The van der Waals surface area contributed by atoms with Gasteiger partial charge in [0.25, 0.3) is 5.91 Å². The van der Waals surface area contributed by atoms with Crippen LogP contribution in [-0.4, -0.2) is 30.2 Å². The maximum atomic E-state index is 13.4. The summed E-state index contributed by atoms with van der Waals surface area (Å²) in [5.74, 6) is -1.04. The van der Waals surface area contributed by atoms with Gasteiger partial charge in [0.05, 0.1) is 12.3 Å². The van der Waals surface area contributed by atoms with E-state index in [4.69, 9.17) is 9.47 Å². The highest BCUT2D eigenvalue weighted by molar-refractivity contribution is 6.24. The molecule has 0 N–H and O–H groups in total. The van der Waals surface area contributed by atoms with Crippen molar-refractivity contribution in [1.29, 1.82) is 0 Å². The molecule has 0 atom stereocenters. The van der Waals surface area contributed by atoms with E-state index >= 15 is 0 Å². The predicted octanol–water partition coefficient (Wildman–Crippen LogP) is 4.58. The van der Waals surface area contributed by atoms with Crippen LogP contribution in [0.3, 0.4) is 0 Å². The van der Waals surface area contributed by atoms with Gasteiger partial charge in [0.15, 0.2) is 0 Å². The molecule has 2 aromatic carbocycles. The number of fused-ring (bicyclic) bond motifs is 2. The van der Waals surface area contributed by atoms with Gasteiger partial charge in [-0.3, -0.25) is 4.79 Å². The number of imide groups is 1. The molecule has 0 aliphatic carbocycles. The Morgan fingerprint density at radius 2 is 1.55 bits per heavy atom. The third-order valence-corrected chi connectivity index (χ3v) is 4.21. The average molecular weight is 393 g/mol. The molecule has 150 valence electrons. The molecular formula is C23H23NO5. The number of amides is 2. The molecule has 0 bridgehead atoms. The summed E-state index contributed by atoms with van der Waals surface area (Å²) in [6.07, 6.45) is 0.578. The zero-order chi connectivity index (χ0) is 21.2. The van der Waals surface area contributed by atoms with E-state index in [9.17, 15) is 14.4 Å². The first-order chi connectivity index (χ1) is 13.7. The summed E-state index contributed by atoms with van der Waals surface area (Å²) in [6, 6.07) is 13.8. The highest BCUT2D eigenvalue weighted by Crippen LogP contribution is 2.38. The number of carbonyl (C=O) groups excluding carboxylic acids is 3. The van der Waals surface area contributed by atoms with Crippen molar-refractivity contribution in [2.45, 2.75) is 33.3 Å². The lowest BCUT2D eigenvalue weighted by atomic mass is 9.94. The van der Waals surface area contributed by atoms with Crippen LogP contribution < -0.4 is 4.90 Å². The number of esters is 1. The van der Waals surface area contributed by atoms with Gasteiger partial charge >= 0.3 is 12.1 Å². The molecule has 1 aliphatic heterocycles. The number of ether oxygens (including phenoxy) is 2. The van der Waals surface area contributed by atoms with Crippen molar-refractivity contribution in [3.05, 3.63) is 71.3 Å². The van der Waals surface area contributed by atoms with Crippen LogP contribution in [0.4, 0.5) is 10.5 Å². The molecule has 0 radical (unpaired) electrons. The lowest BCUT2D eigenvalue weighted by Gasteiger charge is -2.26. The van der Waals surface area contributed by atoms with E-state index in [-0.39, 0.29) is 6.61 Å². The Labute approximate surface area is 169 Å². The quantitative estimate of drug-likeness (QED) is 0.552. The zero-order valence-electron chi connectivity index (χ0n) is 16.9. The fraction of sp³-hybridized carbons (Fsp3) is 0.261. The van der Waals surface area contributed by atoms with Gasteiger partial charge in [-0.05, 0) is 51.0 Å². The molecule has 6 heteroatoms. The van der Waals surface area contributed by atoms with Gasteiger partial charge in [0, 0.05) is 17.2 Å². The summed E-state index contributed by atoms with van der Waals surface area (Å²) in [5.41, 5.74) is 1.48. The summed E-state index contributed by atoms with van der Waals surface area (Å²) >= 11 is 0. The Bertz CT molecular complexity index is 1000. The summed E-state index contributed by atoms with van der Waals surface area (Å²) in [7, 11) is 0. The molecule has 29 heavy (non-hydrogen) atoms. The lowest BCUT2D eigenvalue weighted by Crippen LogP contribution is -2.41. The van der Waals surface area contributed by atoms with Crippen LogP contribution in [0.5, 0.6) is 0 Å². The fourth-order valence-electron chi connectivity index (χ4n) is 3.12. The second-order valence-electron chi connectivity index (χ2n) is 7.49. The Morgan fingerprint density at radius 3 is 2.17 bits per heavy atom. The first kappa shape index (κ1) is 20.3. The summed E-state index contributed by atoms with van der Waals surface area (Å²) in [6.45, 7) is 7.16. The molecule has 0 spiro atoms. The third kappa shape index (κ3) is 4.21. The molecule has 6 nitrogen and oxygen atoms in total. The topological polar surface area (TPSA) is 72.9 Å². The van der Waals surface area contributed by atoms with Crippen molar-refractivity contribution >= 4 is 29.2 Å². The van der Waals surface area contributed by atoms with E-state index in [1.807, 2.05) is 0 Å². The van der Waals surface area contributed by atoms with E-state index in [2.05, 4.69) is 0 Å². The molecule has 2 aromatic rings. The van der Waals surface area contributed by atoms with Crippen LogP contribution in [0.15, 0.2) is 54.6 Å². The highest BCUT2D eigenvalue weighted by Gasteiger charge is 2.36. The van der Waals surface area contributed by atoms with Gasteiger partial charge in [-0.2, -0.15) is 0 Å².